The summed E-state index contributed by atoms with van der Waals surface area (Å²) in [6.07, 6.45) is -0.972. The molecule has 0 spiro atoms. The third-order valence-corrected chi connectivity index (χ3v) is 4.22. The van der Waals surface area contributed by atoms with Crippen molar-refractivity contribution in [2.45, 2.75) is 25.4 Å². The largest absolute Gasteiger partial charge is 0.508 e. The highest BCUT2D eigenvalue weighted by Gasteiger charge is 2.48. The van der Waals surface area contributed by atoms with Crippen LogP contribution in [0.3, 0.4) is 0 Å². The van der Waals surface area contributed by atoms with Gasteiger partial charge in [0.1, 0.15) is 11.9 Å². The molecular weight excluding hydrogens is 338 g/mol. The van der Waals surface area contributed by atoms with Gasteiger partial charge in [0.15, 0.2) is 0 Å². The van der Waals surface area contributed by atoms with E-state index in [9.17, 15) is 19.8 Å². The van der Waals surface area contributed by atoms with Gasteiger partial charge in [-0.1, -0.05) is 36.4 Å². The lowest BCUT2D eigenvalue weighted by atomic mass is 9.89. The highest BCUT2D eigenvalue weighted by atomic mass is 16.8. The monoisotopic (exact) mass is 357 g/mol. The second-order valence-corrected chi connectivity index (χ2v) is 6.09. The summed E-state index contributed by atoms with van der Waals surface area (Å²) in [5.74, 6) is -3.59. The number of ketones is 1. The molecule has 0 saturated carbocycles. The molecule has 1 heterocycles. The van der Waals surface area contributed by atoms with Crippen LogP contribution in [0.1, 0.15) is 29.7 Å². The summed E-state index contributed by atoms with van der Waals surface area (Å²) in [5.41, 5.74) is 1.68. The first kappa shape index (κ1) is 18.1. The SMILES string of the molecule is CC(=O)C(=O)N(C)OC1(O)c2ccccc2COC1c1ccc(O)cc1. The zero-order valence-electron chi connectivity index (χ0n) is 14.4. The zero-order chi connectivity index (χ0) is 18.9. The first-order valence-electron chi connectivity index (χ1n) is 8.02. The molecular formula is C19H19NO6. The Morgan fingerprint density at radius 1 is 1.19 bits per heavy atom. The van der Waals surface area contributed by atoms with Crippen molar-refractivity contribution in [1.29, 1.82) is 0 Å². The van der Waals surface area contributed by atoms with Crippen LogP contribution in [-0.4, -0.2) is 34.0 Å². The van der Waals surface area contributed by atoms with Crippen LogP contribution in [-0.2, 0) is 31.6 Å². The summed E-state index contributed by atoms with van der Waals surface area (Å²) in [5, 5.41) is 21.6. The molecule has 3 rings (SSSR count). The Kier molecular flexibility index (Phi) is 4.78. The molecule has 136 valence electrons. The number of phenols is 1. The predicted octanol–water partition coefficient (Wildman–Crippen LogP) is 1.79. The molecule has 7 nitrogen and oxygen atoms in total. The number of amides is 1. The molecule has 0 bridgehead atoms. The number of nitrogens with zero attached hydrogens (tertiary/aromatic N) is 1. The maximum Gasteiger partial charge on any atom is 0.313 e. The van der Waals surface area contributed by atoms with Crippen LogP contribution in [0.5, 0.6) is 5.75 Å². The van der Waals surface area contributed by atoms with Gasteiger partial charge in [0.2, 0.25) is 11.6 Å². The van der Waals surface area contributed by atoms with Gasteiger partial charge in [-0.25, -0.2) is 9.90 Å². The quantitative estimate of drug-likeness (QED) is 0.492. The number of phenolic OH excluding ortho intramolecular Hbond substituents is 1. The van der Waals surface area contributed by atoms with Crippen molar-refractivity contribution in [3.63, 3.8) is 0 Å². The van der Waals surface area contributed by atoms with Crippen LogP contribution in [0, 0.1) is 0 Å². The number of carbonyl (C=O) groups is 2. The Hall–Kier alpha value is -2.74. The Morgan fingerprint density at radius 2 is 1.85 bits per heavy atom. The Morgan fingerprint density at radius 3 is 2.50 bits per heavy atom. The maximum atomic E-state index is 11.9. The second kappa shape index (κ2) is 6.87. The molecule has 7 heteroatoms. The zero-order valence-corrected chi connectivity index (χ0v) is 14.4. The molecule has 1 aliphatic heterocycles. The van der Waals surface area contributed by atoms with Crippen LogP contribution >= 0.6 is 0 Å². The number of Topliss-reactive ketones (excluding diaryl/α,β-unsaturated/α-hetero) is 1. The van der Waals surface area contributed by atoms with Crippen LogP contribution in [0.2, 0.25) is 0 Å². The third kappa shape index (κ3) is 3.20. The van der Waals surface area contributed by atoms with E-state index in [1.807, 2.05) is 0 Å². The standard InChI is InChI=1S/C19H19NO6/c1-12(21)18(23)20(2)26-19(24)16-6-4-3-5-14(16)11-25-17(19)13-7-9-15(22)10-8-13/h3-10,17,22,24H,11H2,1-2H3. The summed E-state index contributed by atoms with van der Waals surface area (Å²) in [4.78, 5) is 28.8. The third-order valence-electron chi connectivity index (χ3n) is 4.22. The molecule has 0 aliphatic carbocycles. The van der Waals surface area contributed by atoms with E-state index in [0.29, 0.717) is 21.8 Å². The smallest absolute Gasteiger partial charge is 0.313 e. The van der Waals surface area contributed by atoms with Gasteiger partial charge in [0, 0.05) is 19.5 Å². The average molecular weight is 357 g/mol. The fourth-order valence-electron chi connectivity index (χ4n) is 2.96. The molecule has 2 aromatic rings. The van der Waals surface area contributed by atoms with E-state index in [0.717, 1.165) is 6.92 Å². The molecule has 2 aromatic carbocycles. The van der Waals surface area contributed by atoms with Crippen LogP contribution in [0.15, 0.2) is 48.5 Å². The van der Waals surface area contributed by atoms with Crippen molar-refractivity contribution >= 4 is 11.7 Å². The first-order valence-corrected chi connectivity index (χ1v) is 8.02. The van der Waals surface area contributed by atoms with Gasteiger partial charge in [-0.2, -0.15) is 0 Å². The predicted molar refractivity (Wildman–Crippen MR) is 90.5 cm³/mol. The molecule has 2 N–H and O–H groups in total. The van der Waals surface area contributed by atoms with Crippen molar-refractivity contribution < 1.29 is 29.4 Å². The molecule has 0 radical (unpaired) electrons. The normalized spacial score (nSPS) is 21.7. The van der Waals surface area contributed by atoms with E-state index in [1.165, 1.54) is 19.2 Å². The fourth-order valence-corrected chi connectivity index (χ4v) is 2.96. The van der Waals surface area contributed by atoms with E-state index in [-0.39, 0.29) is 12.4 Å². The minimum Gasteiger partial charge on any atom is -0.508 e. The van der Waals surface area contributed by atoms with Gasteiger partial charge in [-0.05, 0) is 23.3 Å². The number of fused-ring (bicyclic) bond motifs is 1. The number of aliphatic hydroxyl groups is 1. The summed E-state index contributed by atoms with van der Waals surface area (Å²) >= 11 is 0. The van der Waals surface area contributed by atoms with E-state index in [1.54, 1.807) is 36.4 Å². The van der Waals surface area contributed by atoms with E-state index >= 15 is 0 Å². The van der Waals surface area contributed by atoms with E-state index in [2.05, 4.69) is 0 Å². The van der Waals surface area contributed by atoms with Gasteiger partial charge >= 0.3 is 5.91 Å². The molecule has 26 heavy (non-hydrogen) atoms. The lowest BCUT2D eigenvalue weighted by Gasteiger charge is -2.41. The highest BCUT2D eigenvalue weighted by Crippen LogP contribution is 2.45. The number of aromatic hydroxyl groups is 1. The number of rotatable bonds is 4. The summed E-state index contributed by atoms with van der Waals surface area (Å²) < 4.78 is 5.81. The van der Waals surface area contributed by atoms with Crippen molar-refractivity contribution in [2.24, 2.45) is 0 Å². The summed E-state index contributed by atoms with van der Waals surface area (Å²) in [6, 6.07) is 13.1. The topological polar surface area (TPSA) is 96.3 Å². The minimum atomic E-state index is -2.04. The van der Waals surface area contributed by atoms with Crippen molar-refractivity contribution in [2.75, 3.05) is 7.05 Å². The van der Waals surface area contributed by atoms with Gasteiger partial charge in [-0.15, -0.1) is 0 Å². The Labute approximate surface area is 150 Å². The highest BCUT2D eigenvalue weighted by molar-refractivity contribution is 6.34. The van der Waals surface area contributed by atoms with Crippen LogP contribution in [0.25, 0.3) is 0 Å². The van der Waals surface area contributed by atoms with Crippen molar-refractivity contribution in [3.05, 3.63) is 65.2 Å². The molecule has 1 amide bonds. The van der Waals surface area contributed by atoms with Gasteiger partial charge in [-0.3, -0.25) is 9.59 Å². The maximum absolute atomic E-state index is 11.9. The van der Waals surface area contributed by atoms with Crippen molar-refractivity contribution in [1.82, 2.24) is 5.06 Å². The lowest BCUT2D eigenvalue weighted by Crippen LogP contribution is -2.48. The van der Waals surface area contributed by atoms with Gasteiger partial charge in [0.25, 0.3) is 0 Å². The van der Waals surface area contributed by atoms with Crippen molar-refractivity contribution in [3.8, 4) is 5.75 Å². The Balaban J connectivity index is 2.05. The summed E-state index contributed by atoms with van der Waals surface area (Å²) in [6.45, 7) is 1.35. The van der Waals surface area contributed by atoms with Gasteiger partial charge < -0.3 is 14.9 Å². The molecule has 0 aromatic heterocycles. The number of likely N-dealkylation sites (N-methyl/N-ethyl adjacent to an activating group) is 1. The molecule has 0 fully saturated rings. The summed E-state index contributed by atoms with van der Waals surface area (Å²) in [7, 11) is 1.26. The van der Waals surface area contributed by atoms with Gasteiger partial charge in [0.05, 0.1) is 6.61 Å². The van der Waals surface area contributed by atoms with E-state index < -0.39 is 23.6 Å². The number of carbonyl (C=O) groups excluding carboxylic acids is 2. The number of hydrogen-bond donors (Lipinski definition) is 2. The van der Waals surface area contributed by atoms with Crippen LogP contribution in [0.4, 0.5) is 0 Å². The number of hydrogen-bond acceptors (Lipinski definition) is 6. The molecule has 2 atom stereocenters. The average Bonchev–Trinajstić information content (AvgIpc) is 2.62. The minimum absolute atomic E-state index is 0.0679. The molecule has 1 aliphatic rings. The lowest BCUT2D eigenvalue weighted by molar-refractivity contribution is -0.364. The number of ether oxygens (including phenoxy) is 1. The molecule has 0 saturated heterocycles. The van der Waals surface area contributed by atoms with Crippen LogP contribution < -0.4 is 0 Å². The number of hydroxylamine groups is 2. The fraction of sp³-hybridized carbons (Fsp3) is 0.263. The number of benzene rings is 2. The first-order chi connectivity index (χ1) is 12.3. The van der Waals surface area contributed by atoms with E-state index in [4.69, 9.17) is 9.57 Å². The Bertz CT molecular complexity index is 834. The second-order valence-electron chi connectivity index (χ2n) is 6.09. The molecule has 2 unspecified atom stereocenters.